The minimum absolute atomic E-state index is 0.450. The van der Waals surface area contributed by atoms with E-state index >= 15 is 0 Å². The van der Waals surface area contributed by atoms with E-state index in [1.165, 1.54) is 38.5 Å². The SMILES string of the molecule is COCC(C1CC1)N(C)C1CCC(N)CC1. The van der Waals surface area contributed by atoms with Crippen molar-refractivity contribution in [2.75, 3.05) is 20.8 Å². The highest BCUT2D eigenvalue weighted by molar-refractivity contribution is 4.91. The summed E-state index contributed by atoms with van der Waals surface area (Å²) in [6, 6.07) is 1.83. The van der Waals surface area contributed by atoms with Crippen molar-refractivity contribution in [2.24, 2.45) is 11.7 Å². The molecule has 1 atom stereocenters. The van der Waals surface area contributed by atoms with Crippen molar-refractivity contribution in [3.8, 4) is 0 Å². The van der Waals surface area contributed by atoms with Gasteiger partial charge in [-0.05, 0) is 51.5 Å². The first-order chi connectivity index (χ1) is 7.72. The van der Waals surface area contributed by atoms with Gasteiger partial charge in [0.05, 0.1) is 6.61 Å². The van der Waals surface area contributed by atoms with Gasteiger partial charge in [0.2, 0.25) is 0 Å². The lowest BCUT2D eigenvalue weighted by Gasteiger charge is -2.38. The Morgan fingerprint density at radius 3 is 2.31 bits per heavy atom. The first-order valence-electron chi connectivity index (χ1n) is 6.68. The molecule has 0 bridgehead atoms. The van der Waals surface area contributed by atoms with Gasteiger partial charge in [-0.15, -0.1) is 0 Å². The Balaban J connectivity index is 1.86. The number of hydrogen-bond donors (Lipinski definition) is 1. The van der Waals surface area contributed by atoms with Gasteiger partial charge in [-0.25, -0.2) is 0 Å². The van der Waals surface area contributed by atoms with Crippen molar-refractivity contribution in [3.05, 3.63) is 0 Å². The second-order valence-electron chi connectivity index (χ2n) is 5.59. The van der Waals surface area contributed by atoms with Gasteiger partial charge in [0, 0.05) is 25.2 Å². The highest BCUT2D eigenvalue weighted by Gasteiger charge is 2.36. The van der Waals surface area contributed by atoms with Crippen LogP contribution in [0.5, 0.6) is 0 Å². The smallest absolute Gasteiger partial charge is 0.0620 e. The van der Waals surface area contributed by atoms with E-state index < -0.39 is 0 Å². The Morgan fingerprint density at radius 1 is 1.19 bits per heavy atom. The van der Waals surface area contributed by atoms with E-state index in [0.717, 1.165) is 18.6 Å². The molecule has 0 spiro atoms. The van der Waals surface area contributed by atoms with Crippen LogP contribution in [0.15, 0.2) is 0 Å². The summed E-state index contributed by atoms with van der Waals surface area (Å²) in [6.45, 7) is 0.893. The number of nitrogens with zero attached hydrogens (tertiary/aromatic N) is 1. The van der Waals surface area contributed by atoms with E-state index in [9.17, 15) is 0 Å². The molecular weight excluding hydrogens is 200 g/mol. The van der Waals surface area contributed by atoms with E-state index in [0.29, 0.717) is 12.1 Å². The van der Waals surface area contributed by atoms with E-state index in [2.05, 4.69) is 11.9 Å². The van der Waals surface area contributed by atoms with E-state index in [1.807, 2.05) is 7.11 Å². The predicted octanol–water partition coefficient (Wildman–Crippen LogP) is 1.61. The largest absolute Gasteiger partial charge is 0.383 e. The van der Waals surface area contributed by atoms with Crippen LogP contribution in [-0.2, 0) is 4.74 Å². The zero-order chi connectivity index (χ0) is 11.5. The topological polar surface area (TPSA) is 38.5 Å². The summed E-state index contributed by atoms with van der Waals surface area (Å²) in [5.74, 6) is 0.889. The molecule has 2 fully saturated rings. The fourth-order valence-electron chi connectivity index (χ4n) is 3.02. The highest BCUT2D eigenvalue weighted by atomic mass is 16.5. The maximum atomic E-state index is 5.96. The van der Waals surface area contributed by atoms with Crippen molar-refractivity contribution in [3.63, 3.8) is 0 Å². The van der Waals surface area contributed by atoms with Gasteiger partial charge >= 0.3 is 0 Å². The average Bonchev–Trinajstić information content (AvgIpc) is 3.10. The Kier molecular flexibility index (Phi) is 4.22. The van der Waals surface area contributed by atoms with Crippen LogP contribution in [0.4, 0.5) is 0 Å². The standard InChI is InChI=1S/C13H26N2O/c1-15(12-7-5-11(14)6-8-12)13(9-16-2)10-3-4-10/h10-13H,3-9,14H2,1-2H3. The molecule has 2 N–H and O–H groups in total. The summed E-state index contributed by atoms with van der Waals surface area (Å²) in [6.07, 6.45) is 7.71. The number of ether oxygens (including phenoxy) is 1. The first-order valence-corrected chi connectivity index (χ1v) is 6.68. The predicted molar refractivity (Wildman–Crippen MR) is 66.4 cm³/mol. The third kappa shape index (κ3) is 2.96. The minimum Gasteiger partial charge on any atom is -0.383 e. The Morgan fingerprint density at radius 2 is 1.81 bits per heavy atom. The molecule has 2 aliphatic carbocycles. The fraction of sp³-hybridized carbons (Fsp3) is 1.00. The molecule has 0 aromatic heterocycles. The van der Waals surface area contributed by atoms with Crippen LogP contribution in [0.3, 0.4) is 0 Å². The Hall–Kier alpha value is -0.120. The second kappa shape index (κ2) is 5.48. The summed E-state index contributed by atoms with van der Waals surface area (Å²) < 4.78 is 5.37. The lowest BCUT2D eigenvalue weighted by atomic mass is 9.90. The lowest BCUT2D eigenvalue weighted by Crippen LogP contribution is -2.46. The molecule has 94 valence electrons. The maximum absolute atomic E-state index is 5.96. The van der Waals surface area contributed by atoms with Gasteiger partial charge < -0.3 is 10.5 Å². The number of likely N-dealkylation sites (N-methyl/N-ethyl adjacent to an activating group) is 1. The van der Waals surface area contributed by atoms with Crippen LogP contribution < -0.4 is 5.73 Å². The maximum Gasteiger partial charge on any atom is 0.0620 e. The van der Waals surface area contributed by atoms with E-state index in [1.54, 1.807) is 0 Å². The molecule has 16 heavy (non-hydrogen) atoms. The van der Waals surface area contributed by atoms with Gasteiger partial charge in [-0.3, -0.25) is 4.90 Å². The molecule has 0 aliphatic heterocycles. The Bertz CT molecular complexity index is 210. The molecule has 0 aromatic rings. The monoisotopic (exact) mass is 226 g/mol. The van der Waals surface area contributed by atoms with Gasteiger partial charge in [0.25, 0.3) is 0 Å². The average molecular weight is 226 g/mol. The summed E-state index contributed by atoms with van der Waals surface area (Å²) >= 11 is 0. The Labute approximate surface area is 99.3 Å². The summed E-state index contributed by atoms with van der Waals surface area (Å²) in [7, 11) is 4.10. The molecule has 0 heterocycles. The quantitative estimate of drug-likeness (QED) is 0.774. The van der Waals surface area contributed by atoms with Gasteiger partial charge in [-0.2, -0.15) is 0 Å². The van der Waals surface area contributed by atoms with Crippen LogP contribution in [0.1, 0.15) is 38.5 Å². The van der Waals surface area contributed by atoms with Crippen LogP contribution >= 0.6 is 0 Å². The normalized spacial score (nSPS) is 33.0. The minimum atomic E-state index is 0.450. The van der Waals surface area contributed by atoms with Crippen LogP contribution in [0.25, 0.3) is 0 Å². The molecule has 2 aliphatic rings. The fourth-order valence-corrected chi connectivity index (χ4v) is 3.02. The molecule has 0 aromatic carbocycles. The molecule has 0 radical (unpaired) electrons. The van der Waals surface area contributed by atoms with Crippen LogP contribution in [0.2, 0.25) is 0 Å². The molecule has 2 saturated carbocycles. The third-order valence-corrected chi connectivity index (χ3v) is 4.34. The van der Waals surface area contributed by atoms with Gasteiger partial charge in [0.15, 0.2) is 0 Å². The van der Waals surface area contributed by atoms with Crippen molar-refractivity contribution in [2.45, 2.75) is 56.7 Å². The molecule has 1 unspecified atom stereocenters. The van der Waals surface area contributed by atoms with Crippen molar-refractivity contribution < 1.29 is 4.74 Å². The number of nitrogens with two attached hydrogens (primary N) is 1. The highest BCUT2D eigenvalue weighted by Crippen LogP contribution is 2.37. The zero-order valence-electron chi connectivity index (χ0n) is 10.7. The van der Waals surface area contributed by atoms with E-state index in [4.69, 9.17) is 10.5 Å². The molecule has 3 nitrogen and oxygen atoms in total. The molecule has 0 saturated heterocycles. The van der Waals surface area contributed by atoms with E-state index in [-0.39, 0.29) is 0 Å². The van der Waals surface area contributed by atoms with Gasteiger partial charge in [-0.1, -0.05) is 0 Å². The zero-order valence-corrected chi connectivity index (χ0v) is 10.7. The van der Waals surface area contributed by atoms with Gasteiger partial charge in [0.1, 0.15) is 0 Å². The van der Waals surface area contributed by atoms with Crippen LogP contribution in [0, 0.1) is 5.92 Å². The van der Waals surface area contributed by atoms with Crippen LogP contribution in [-0.4, -0.2) is 43.8 Å². The summed E-state index contributed by atoms with van der Waals surface area (Å²) in [4.78, 5) is 2.58. The summed E-state index contributed by atoms with van der Waals surface area (Å²) in [5, 5.41) is 0. The second-order valence-corrected chi connectivity index (χ2v) is 5.59. The summed E-state index contributed by atoms with van der Waals surface area (Å²) in [5.41, 5.74) is 5.96. The van der Waals surface area contributed by atoms with Crippen molar-refractivity contribution in [1.29, 1.82) is 0 Å². The molecular formula is C13H26N2O. The third-order valence-electron chi connectivity index (χ3n) is 4.34. The first kappa shape index (κ1) is 12.3. The van der Waals surface area contributed by atoms with Crippen molar-refractivity contribution >= 4 is 0 Å². The number of rotatable bonds is 5. The number of hydrogen-bond acceptors (Lipinski definition) is 3. The van der Waals surface area contributed by atoms with Crippen molar-refractivity contribution in [1.82, 2.24) is 4.90 Å². The lowest BCUT2D eigenvalue weighted by molar-refractivity contribution is 0.0537. The number of methoxy groups -OCH3 is 1. The molecule has 2 rings (SSSR count). The molecule has 3 heteroatoms. The molecule has 0 amide bonds.